The van der Waals surface area contributed by atoms with Gasteiger partial charge in [-0.1, -0.05) is 46.1 Å². The molecule has 2 aromatic carbocycles. The van der Waals surface area contributed by atoms with Gasteiger partial charge in [0.2, 0.25) is 0 Å². The topological polar surface area (TPSA) is 72.8 Å². The predicted octanol–water partition coefficient (Wildman–Crippen LogP) is 7.53. The standard InChI is InChI=1S/C29H36O5S2/c1-20-17-21(2)29(34-22(3)19-28(31)32)24(18-20)10-13-27(30)23-8-11-25(12-9-23)33-15-6-4-5-7-26-14-16-35-36-26/h8-13,17-18,22,26H,4-7,14-16,19H2,1-3H3,(H,31,32)/b13-10+. The molecule has 5 nitrogen and oxygen atoms in total. The Morgan fingerprint density at radius 1 is 1.14 bits per heavy atom. The van der Waals surface area contributed by atoms with Gasteiger partial charge in [0, 0.05) is 22.1 Å². The number of unbranched alkanes of at least 4 members (excludes halogenated alkanes) is 2. The van der Waals surface area contributed by atoms with Gasteiger partial charge in [-0.2, -0.15) is 0 Å². The van der Waals surface area contributed by atoms with Crippen molar-refractivity contribution < 1.29 is 24.2 Å². The molecule has 0 amide bonds. The maximum Gasteiger partial charge on any atom is 0.307 e. The average molecular weight is 529 g/mol. The molecule has 1 fully saturated rings. The zero-order chi connectivity index (χ0) is 25.9. The highest BCUT2D eigenvalue weighted by Gasteiger charge is 2.16. The summed E-state index contributed by atoms with van der Waals surface area (Å²) in [7, 11) is 4.04. The summed E-state index contributed by atoms with van der Waals surface area (Å²) in [5.74, 6) is 1.64. The number of ether oxygens (including phenoxy) is 2. The van der Waals surface area contributed by atoms with Crippen LogP contribution in [0, 0.1) is 13.8 Å². The van der Waals surface area contributed by atoms with Gasteiger partial charge in [0.15, 0.2) is 5.78 Å². The van der Waals surface area contributed by atoms with Crippen LogP contribution in [0.25, 0.3) is 6.08 Å². The first-order valence-electron chi connectivity index (χ1n) is 12.5. The van der Waals surface area contributed by atoms with E-state index in [2.05, 4.69) is 0 Å². The number of carboxylic acids is 1. The molecule has 3 rings (SSSR count). The number of carboxylic acid groups (broad SMARTS) is 1. The highest BCUT2D eigenvalue weighted by atomic mass is 33.1. The number of allylic oxidation sites excluding steroid dienone is 1. The lowest BCUT2D eigenvalue weighted by Crippen LogP contribution is -2.17. The smallest absolute Gasteiger partial charge is 0.307 e. The Balaban J connectivity index is 1.51. The molecule has 1 N–H and O–H groups in total. The Morgan fingerprint density at radius 3 is 2.61 bits per heavy atom. The summed E-state index contributed by atoms with van der Waals surface area (Å²) >= 11 is 0. The number of benzene rings is 2. The molecule has 36 heavy (non-hydrogen) atoms. The van der Waals surface area contributed by atoms with E-state index in [1.807, 2.05) is 59.7 Å². The fraction of sp³-hybridized carbons (Fsp3) is 0.448. The number of aliphatic carboxylic acids is 1. The molecule has 7 heteroatoms. The minimum Gasteiger partial charge on any atom is -0.494 e. The minimum absolute atomic E-state index is 0.0946. The monoisotopic (exact) mass is 528 g/mol. The van der Waals surface area contributed by atoms with Gasteiger partial charge in [0.05, 0.1) is 13.0 Å². The third-order valence-corrected chi connectivity index (χ3v) is 8.96. The van der Waals surface area contributed by atoms with Crippen LogP contribution >= 0.6 is 21.6 Å². The van der Waals surface area contributed by atoms with E-state index in [1.54, 1.807) is 25.1 Å². The Labute approximate surface area is 222 Å². The van der Waals surface area contributed by atoms with Crippen molar-refractivity contribution >= 4 is 39.4 Å². The highest BCUT2D eigenvalue weighted by Crippen LogP contribution is 2.39. The Bertz CT molecular complexity index is 1040. The van der Waals surface area contributed by atoms with Crippen LogP contribution in [0.2, 0.25) is 0 Å². The number of ketones is 1. The first-order valence-corrected chi connectivity index (χ1v) is 14.9. The van der Waals surface area contributed by atoms with Gasteiger partial charge >= 0.3 is 5.97 Å². The molecule has 0 radical (unpaired) electrons. The zero-order valence-electron chi connectivity index (χ0n) is 21.3. The largest absolute Gasteiger partial charge is 0.494 e. The molecule has 0 saturated carbocycles. The molecule has 2 aromatic rings. The second kappa shape index (κ2) is 14.4. The van der Waals surface area contributed by atoms with Crippen molar-refractivity contribution in [3.63, 3.8) is 0 Å². The van der Waals surface area contributed by atoms with Crippen LogP contribution < -0.4 is 9.47 Å². The Morgan fingerprint density at radius 2 is 1.92 bits per heavy atom. The van der Waals surface area contributed by atoms with E-state index in [-0.39, 0.29) is 12.2 Å². The first-order chi connectivity index (χ1) is 17.3. The molecule has 1 heterocycles. The van der Waals surface area contributed by atoms with E-state index < -0.39 is 12.1 Å². The molecule has 1 saturated heterocycles. The van der Waals surface area contributed by atoms with E-state index in [9.17, 15) is 9.59 Å². The second-order valence-electron chi connectivity index (χ2n) is 9.28. The lowest BCUT2D eigenvalue weighted by molar-refractivity contribution is -0.138. The van der Waals surface area contributed by atoms with Gasteiger partial charge in [-0.25, -0.2) is 0 Å². The Hall–Kier alpha value is -2.38. The van der Waals surface area contributed by atoms with E-state index >= 15 is 0 Å². The summed E-state index contributed by atoms with van der Waals surface area (Å²) in [6, 6.07) is 11.2. The van der Waals surface area contributed by atoms with E-state index in [4.69, 9.17) is 14.6 Å². The molecule has 0 bridgehead atoms. The lowest BCUT2D eigenvalue weighted by Gasteiger charge is -2.18. The van der Waals surface area contributed by atoms with Crippen LogP contribution in [-0.2, 0) is 4.79 Å². The van der Waals surface area contributed by atoms with Crippen molar-refractivity contribution in [1.82, 2.24) is 0 Å². The van der Waals surface area contributed by atoms with Crippen molar-refractivity contribution in [2.75, 3.05) is 12.4 Å². The Kier molecular flexibility index (Phi) is 11.3. The zero-order valence-corrected chi connectivity index (χ0v) is 23.0. The van der Waals surface area contributed by atoms with Crippen molar-refractivity contribution in [3.8, 4) is 11.5 Å². The average Bonchev–Trinajstić information content (AvgIpc) is 3.35. The molecule has 1 aliphatic heterocycles. The van der Waals surface area contributed by atoms with E-state index in [0.29, 0.717) is 17.9 Å². The van der Waals surface area contributed by atoms with Crippen molar-refractivity contribution in [2.24, 2.45) is 0 Å². The normalized spacial score (nSPS) is 16.2. The summed E-state index contributed by atoms with van der Waals surface area (Å²) in [6.45, 7) is 6.31. The molecular formula is C29H36O5S2. The summed E-state index contributed by atoms with van der Waals surface area (Å²) in [5.41, 5.74) is 3.27. The van der Waals surface area contributed by atoms with Gasteiger partial charge in [-0.3, -0.25) is 9.59 Å². The van der Waals surface area contributed by atoms with E-state index in [1.165, 1.54) is 37.5 Å². The fourth-order valence-electron chi connectivity index (χ4n) is 4.14. The molecule has 0 aliphatic carbocycles. The number of rotatable bonds is 14. The SMILES string of the molecule is Cc1cc(C)c(OC(C)CC(=O)O)c(/C=C/C(=O)c2ccc(OCCCCCC3CCSS3)cc2)c1. The number of carbonyl (C=O) groups is 2. The molecule has 194 valence electrons. The van der Waals surface area contributed by atoms with Crippen LogP contribution in [0.15, 0.2) is 42.5 Å². The van der Waals surface area contributed by atoms with Gasteiger partial charge in [-0.15, -0.1) is 0 Å². The van der Waals surface area contributed by atoms with Gasteiger partial charge in [0.25, 0.3) is 0 Å². The fourth-order valence-corrected chi connectivity index (χ4v) is 7.17. The maximum atomic E-state index is 12.8. The second-order valence-corrected chi connectivity index (χ2v) is 12.1. The van der Waals surface area contributed by atoms with Crippen molar-refractivity contribution in [1.29, 1.82) is 0 Å². The third-order valence-electron chi connectivity index (χ3n) is 5.95. The number of carbonyl (C=O) groups excluding carboxylic acids is 1. The first kappa shape index (κ1) is 28.2. The van der Waals surface area contributed by atoms with Crippen LogP contribution in [0.4, 0.5) is 0 Å². The van der Waals surface area contributed by atoms with Crippen molar-refractivity contribution in [2.45, 2.75) is 70.7 Å². The lowest BCUT2D eigenvalue weighted by atomic mass is 10.0. The number of hydrogen-bond donors (Lipinski definition) is 1. The number of hydrogen-bond acceptors (Lipinski definition) is 6. The summed E-state index contributed by atoms with van der Waals surface area (Å²) < 4.78 is 11.8. The highest BCUT2D eigenvalue weighted by molar-refractivity contribution is 8.77. The van der Waals surface area contributed by atoms with Crippen LogP contribution in [0.3, 0.4) is 0 Å². The molecule has 2 unspecified atom stereocenters. The van der Waals surface area contributed by atoms with Crippen LogP contribution in [-0.4, -0.2) is 40.6 Å². The van der Waals surface area contributed by atoms with Crippen molar-refractivity contribution in [3.05, 3.63) is 64.7 Å². The summed E-state index contributed by atoms with van der Waals surface area (Å²) in [4.78, 5) is 23.8. The van der Waals surface area contributed by atoms with Crippen LogP contribution in [0.1, 0.15) is 72.5 Å². The molecule has 0 spiro atoms. The molecule has 0 aromatic heterocycles. The molecule has 2 atom stereocenters. The van der Waals surface area contributed by atoms with E-state index in [0.717, 1.165) is 34.1 Å². The quantitative estimate of drug-likeness (QED) is 0.118. The molecular weight excluding hydrogens is 492 g/mol. The van der Waals surface area contributed by atoms with Gasteiger partial charge in [-0.05, 0) is 88.1 Å². The summed E-state index contributed by atoms with van der Waals surface area (Å²) in [6.07, 6.45) is 8.82. The van der Waals surface area contributed by atoms with Crippen LogP contribution in [0.5, 0.6) is 11.5 Å². The van der Waals surface area contributed by atoms with Gasteiger partial charge < -0.3 is 14.6 Å². The predicted molar refractivity (Wildman–Crippen MR) is 150 cm³/mol. The number of aryl methyl sites for hydroxylation is 2. The maximum absolute atomic E-state index is 12.8. The summed E-state index contributed by atoms with van der Waals surface area (Å²) in [5, 5.41) is 9.87. The minimum atomic E-state index is -0.912. The molecule has 1 aliphatic rings. The third kappa shape index (κ3) is 9.25. The van der Waals surface area contributed by atoms with Gasteiger partial charge in [0.1, 0.15) is 17.6 Å².